The van der Waals surface area contributed by atoms with E-state index in [-0.39, 0.29) is 12.2 Å². The van der Waals surface area contributed by atoms with Crippen LogP contribution in [0.5, 0.6) is 0 Å². The van der Waals surface area contributed by atoms with Crippen LogP contribution in [0.2, 0.25) is 0 Å². The molecule has 0 radical (unpaired) electrons. The quantitative estimate of drug-likeness (QED) is 0.618. The fourth-order valence-corrected chi connectivity index (χ4v) is 2.26. The normalized spacial score (nSPS) is 11.3. The molecule has 1 aromatic rings. The van der Waals surface area contributed by atoms with E-state index in [0.717, 1.165) is 37.8 Å². The fourth-order valence-electron chi connectivity index (χ4n) is 1.63. The highest BCUT2D eigenvalue weighted by molar-refractivity contribution is 7.89. The van der Waals surface area contributed by atoms with Crippen LogP contribution < -0.4 is 5.14 Å². The molecule has 0 aliphatic rings. The topological polar surface area (TPSA) is 86.5 Å². The average Bonchev–Trinajstić information content (AvgIpc) is 2.37. The Morgan fingerprint density at radius 3 is 2.60 bits per heavy atom. The molecule has 0 saturated carbocycles. The van der Waals surface area contributed by atoms with Gasteiger partial charge in [0.15, 0.2) is 0 Å². The number of nitrogens with two attached hydrogens (primary N) is 1. The van der Waals surface area contributed by atoms with E-state index in [4.69, 9.17) is 9.88 Å². The van der Waals surface area contributed by atoms with Gasteiger partial charge >= 0.3 is 5.97 Å². The highest BCUT2D eigenvalue weighted by Crippen LogP contribution is 2.15. The lowest BCUT2D eigenvalue weighted by Gasteiger charge is -2.06. The summed E-state index contributed by atoms with van der Waals surface area (Å²) < 4.78 is 40.6. The molecule has 0 atom stereocenters. The van der Waals surface area contributed by atoms with Gasteiger partial charge in [0.1, 0.15) is 10.7 Å². The Labute approximate surface area is 118 Å². The van der Waals surface area contributed by atoms with Crippen LogP contribution in [0.3, 0.4) is 0 Å². The molecule has 5 nitrogen and oxygen atoms in total. The van der Waals surface area contributed by atoms with Crippen molar-refractivity contribution in [2.75, 3.05) is 6.61 Å². The molecule has 0 spiro atoms. The van der Waals surface area contributed by atoms with Gasteiger partial charge in [-0.25, -0.2) is 22.7 Å². The van der Waals surface area contributed by atoms with Crippen molar-refractivity contribution in [2.24, 2.45) is 5.14 Å². The molecule has 0 aliphatic carbocycles. The van der Waals surface area contributed by atoms with Gasteiger partial charge in [0.05, 0.1) is 12.2 Å². The highest BCUT2D eigenvalue weighted by Gasteiger charge is 2.18. The van der Waals surface area contributed by atoms with Gasteiger partial charge in [-0.3, -0.25) is 0 Å². The Bertz CT molecular complexity index is 572. The van der Waals surface area contributed by atoms with Gasteiger partial charge in [-0.1, -0.05) is 26.2 Å². The molecule has 0 aliphatic heterocycles. The maximum atomic E-state index is 13.3. The van der Waals surface area contributed by atoms with Crippen molar-refractivity contribution in [1.29, 1.82) is 0 Å². The monoisotopic (exact) mass is 303 g/mol. The lowest BCUT2D eigenvalue weighted by atomic mass is 10.2. The molecule has 0 saturated heterocycles. The van der Waals surface area contributed by atoms with Crippen molar-refractivity contribution in [3.05, 3.63) is 29.6 Å². The van der Waals surface area contributed by atoms with Crippen molar-refractivity contribution in [3.8, 4) is 0 Å². The van der Waals surface area contributed by atoms with Crippen LogP contribution >= 0.6 is 0 Å². The molecule has 20 heavy (non-hydrogen) atoms. The average molecular weight is 303 g/mol. The van der Waals surface area contributed by atoms with Gasteiger partial charge in [0, 0.05) is 0 Å². The van der Waals surface area contributed by atoms with Gasteiger partial charge in [0.25, 0.3) is 0 Å². The number of ether oxygens (including phenoxy) is 1. The third-order valence-electron chi connectivity index (χ3n) is 2.70. The first-order valence-electron chi connectivity index (χ1n) is 6.35. The number of primary sulfonamides is 1. The molecule has 0 aromatic heterocycles. The number of benzene rings is 1. The maximum absolute atomic E-state index is 13.3. The van der Waals surface area contributed by atoms with Crippen LogP contribution in [-0.2, 0) is 14.8 Å². The molecular weight excluding hydrogens is 285 g/mol. The molecule has 1 aromatic carbocycles. The third kappa shape index (κ3) is 4.90. The van der Waals surface area contributed by atoms with E-state index in [1.807, 2.05) is 0 Å². The minimum Gasteiger partial charge on any atom is -0.462 e. The van der Waals surface area contributed by atoms with Crippen LogP contribution in [0.15, 0.2) is 23.1 Å². The molecule has 0 amide bonds. The van der Waals surface area contributed by atoms with E-state index in [1.54, 1.807) is 0 Å². The van der Waals surface area contributed by atoms with E-state index in [0.29, 0.717) is 0 Å². The second kappa shape index (κ2) is 7.35. The van der Waals surface area contributed by atoms with Crippen molar-refractivity contribution in [1.82, 2.24) is 0 Å². The van der Waals surface area contributed by atoms with Crippen molar-refractivity contribution in [3.63, 3.8) is 0 Å². The summed E-state index contributed by atoms with van der Waals surface area (Å²) in [6.07, 6.45) is 3.83. The summed E-state index contributed by atoms with van der Waals surface area (Å²) in [5, 5.41) is 4.86. The Balaban J connectivity index is 2.70. The molecule has 112 valence electrons. The Kier molecular flexibility index (Phi) is 6.09. The van der Waals surface area contributed by atoms with Crippen LogP contribution in [0.1, 0.15) is 43.0 Å². The number of rotatable bonds is 7. The standard InChI is InChI=1S/C13H18FNO4S/c1-2-3-4-5-8-19-13(16)10-6-7-11(14)12(9-10)20(15,17)18/h6-7,9H,2-5,8H2,1H3,(H2,15,17,18). The molecule has 1 rings (SSSR count). The fraction of sp³-hybridized carbons (Fsp3) is 0.462. The van der Waals surface area contributed by atoms with Crippen LogP contribution in [0.4, 0.5) is 4.39 Å². The minimum absolute atomic E-state index is 0.0362. The Morgan fingerprint density at radius 2 is 2.00 bits per heavy atom. The minimum atomic E-state index is -4.20. The predicted octanol–water partition coefficient (Wildman–Crippen LogP) is 2.21. The molecule has 0 unspecified atom stereocenters. The number of hydrogen-bond donors (Lipinski definition) is 1. The Morgan fingerprint density at radius 1 is 1.30 bits per heavy atom. The summed E-state index contributed by atoms with van der Waals surface area (Å²) in [4.78, 5) is 11.0. The number of carbonyl (C=O) groups is 1. The second-order valence-electron chi connectivity index (χ2n) is 4.39. The number of unbranched alkanes of at least 4 members (excludes halogenated alkanes) is 3. The first kappa shape index (κ1) is 16.6. The largest absolute Gasteiger partial charge is 0.462 e. The molecule has 0 fully saturated rings. The number of sulfonamides is 1. The first-order chi connectivity index (χ1) is 9.36. The van der Waals surface area contributed by atoms with Gasteiger partial charge in [-0.2, -0.15) is 0 Å². The third-order valence-corrected chi connectivity index (χ3v) is 3.63. The molecule has 2 N–H and O–H groups in total. The summed E-state index contributed by atoms with van der Waals surface area (Å²) in [7, 11) is -4.20. The predicted molar refractivity (Wildman–Crippen MR) is 72.2 cm³/mol. The van der Waals surface area contributed by atoms with E-state index in [2.05, 4.69) is 6.92 Å². The maximum Gasteiger partial charge on any atom is 0.338 e. The zero-order valence-corrected chi connectivity index (χ0v) is 12.1. The number of hydrogen-bond acceptors (Lipinski definition) is 4. The molecule has 0 heterocycles. The summed E-state index contributed by atoms with van der Waals surface area (Å²) in [5.41, 5.74) is -0.0362. The van der Waals surface area contributed by atoms with Crippen LogP contribution in [-0.4, -0.2) is 21.0 Å². The van der Waals surface area contributed by atoms with Crippen molar-refractivity contribution >= 4 is 16.0 Å². The zero-order valence-electron chi connectivity index (χ0n) is 11.3. The van der Waals surface area contributed by atoms with Crippen molar-refractivity contribution in [2.45, 2.75) is 37.5 Å². The smallest absolute Gasteiger partial charge is 0.338 e. The molecule has 7 heteroatoms. The van der Waals surface area contributed by atoms with E-state index in [9.17, 15) is 17.6 Å². The van der Waals surface area contributed by atoms with Crippen LogP contribution in [0.25, 0.3) is 0 Å². The van der Waals surface area contributed by atoms with E-state index in [1.165, 1.54) is 6.07 Å². The SMILES string of the molecule is CCCCCCOC(=O)c1ccc(F)c(S(N)(=O)=O)c1. The lowest BCUT2D eigenvalue weighted by molar-refractivity contribution is 0.0497. The van der Waals surface area contributed by atoms with E-state index >= 15 is 0 Å². The molecular formula is C13H18FNO4S. The summed E-state index contributed by atoms with van der Waals surface area (Å²) >= 11 is 0. The van der Waals surface area contributed by atoms with Gasteiger partial charge in [-0.15, -0.1) is 0 Å². The summed E-state index contributed by atoms with van der Waals surface area (Å²) in [6, 6.07) is 2.94. The van der Waals surface area contributed by atoms with E-state index < -0.39 is 26.7 Å². The lowest BCUT2D eigenvalue weighted by Crippen LogP contribution is -2.15. The number of halogens is 1. The van der Waals surface area contributed by atoms with Crippen LogP contribution in [0, 0.1) is 5.82 Å². The summed E-state index contributed by atoms with van der Waals surface area (Å²) in [5.74, 6) is -1.68. The second-order valence-corrected chi connectivity index (χ2v) is 5.92. The van der Waals surface area contributed by atoms with Gasteiger partial charge in [-0.05, 0) is 24.6 Å². The number of esters is 1. The Hall–Kier alpha value is -1.47. The zero-order chi connectivity index (χ0) is 15.2. The summed E-state index contributed by atoms with van der Waals surface area (Å²) in [6.45, 7) is 2.32. The highest BCUT2D eigenvalue weighted by atomic mass is 32.2. The van der Waals surface area contributed by atoms with Crippen molar-refractivity contribution < 1.29 is 22.3 Å². The van der Waals surface area contributed by atoms with Gasteiger partial charge in [0.2, 0.25) is 10.0 Å². The first-order valence-corrected chi connectivity index (χ1v) is 7.90. The number of carbonyl (C=O) groups excluding carboxylic acids is 1. The molecule has 0 bridgehead atoms. The van der Waals surface area contributed by atoms with Gasteiger partial charge < -0.3 is 4.74 Å².